The number of ether oxygens (including phenoxy) is 1. The summed E-state index contributed by atoms with van der Waals surface area (Å²) < 4.78 is 4.63. The average molecular weight is 221 g/mol. The molecule has 5 nitrogen and oxygen atoms in total. The van der Waals surface area contributed by atoms with Crippen LogP contribution in [0.4, 0.5) is 5.69 Å². The number of nitrogens with zero attached hydrogens (tertiary/aromatic N) is 1. The Balaban J connectivity index is 2.15. The van der Waals surface area contributed by atoms with Crippen LogP contribution in [0.2, 0.25) is 0 Å². The van der Waals surface area contributed by atoms with Crippen molar-refractivity contribution >= 4 is 11.7 Å². The molecule has 1 fully saturated rings. The molecule has 5 heteroatoms. The van der Waals surface area contributed by atoms with Gasteiger partial charge in [0, 0.05) is 12.1 Å². The Hall–Kier alpha value is -1.91. The third-order valence-electron chi connectivity index (χ3n) is 2.80. The van der Waals surface area contributed by atoms with Gasteiger partial charge in [-0.2, -0.15) is 0 Å². The summed E-state index contributed by atoms with van der Waals surface area (Å²) in [6.45, 7) is 0. The number of nitro benzene ring substituents is 1. The van der Waals surface area contributed by atoms with Crippen molar-refractivity contribution in [3.05, 3.63) is 39.9 Å². The van der Waals surface area contributed by atoms with Gasteiger partial charge in [-0.05, 0) is 17.9 Å². The van der Waals surface area contributed by atoms with E-state index < -0.39 is 4.92 Å². The first-order chi connectivity index (χ1) is 7.63. The standard InChI is InChI=1S/C11H11NO4/c1-16-11(13)10-6-9(10)7-3-2-4-8(5-7)12(14)15/h2-5,9-10H,6H2,1H3/t9-,10+/m0/s1. The highest BCUT2D eigenvalue weighted by molar-refractivity contribution is 5.77. The van der Waals surface area contributed by atoms with Gasteiger partial charge < -0.3 is 4.74 Å². The van der Waals surface area contributed by atoms with E-state index in [9.17, 15) is 14.9 Å². The molecular weight excluding hydrogens is 210 g/mol. The summed E-state index contributed by atoms with van der Waals surface area (Å²) in [5.41, 5.74) is 0.901. The molecule has 0 unspecified atom stereocenters. The zero-order valence-electron chi connectivity index (χ0n) is 8.75. The van der Waals surface area contributed by atoms with E-state index in [1.165, 1.54) is 19.2 Å². The van der Waals surface area contributed by atoms with Crippen molar-refractivity contribution in [2.45, 2.75) is 12.3 Å². The minimum Gasteiger partial charge on any atom is -0.469 e. The summed E-state index contributed by atoms with van der Waals surface area (Å²) in [6, 6.07) is 6.41. The summed E-state index contributed by atoms with van der Waals surface area (Å²) in [4.78, 5) is 21.4. The molecule has 0 N–H and O–H groups in total. The van der Waals surface area contributed by atoms with Crippen LogP contribution in [0.5, 0.6) is 0 Å². The second kappa shape index (κ2) is 3.92. The number of methoxy groups -OCH3 is 1. The number of benzene rings is 1. The Morgan fingerprint density at radius 2 is 2.31 bits per heavy atom. The van der Waals surface area contributed by atoms with Gasteiger partial charge in [0.05, 0.1) is 18.0 Å². The molecule has 0 spiro atoms. The molecule has 1 aromatic rings. The van der Waals surface area contributed by atoms with Crippen molar-refractivity contribution in [1.82, 2.24) is 0 Å². The lowest BCUT2D eigenvalue weighted by Crippen LogP contribution is -2.03. The Morgan fingerprint density at radius 3 is 2.94 bits per heavy atom. The van der Waals surface area contributed by atoms with E-state index in [-0.39, 0.29) is 23.5 Å². The molecule has 0 bridgehead atoms. The fourth-order valence-electron chi connectivity index (χ4n) is 1.84. The highest BCUT2D eigenvalue weighted by Crippen LogP contribution is 2.48. The molecule has 0 radical (unpaired) electrons. The molecule has 2 atom stereocenters. The van der Waals surface area contributed by atoms with Crippen molar-refractivity contribution in [3.63, 3.8) is 0 Å². The molecule has 84 valence electrons. The molecular formula is C11H11NO4. The van der Waals surface area contributed by atoms with Gasteiger partial charge in [-0.1, -0.05) is 12.1 Å². The van der Waals surface area contributed by atoms with Gasteiger partial charge in [0.15, 0.2) is 0 Å². The predicted octanol–water partition coefficient (Wildman–Crippen LogP) is 1.87. The Kier molecular flexibility index (Phi) is 2.60. The number of hydrogen-bond donors (Lipinski definition) is 0. The molecule has 0 aromatic heterocycles. The molecule has 0 aliphatic heterocycles. The molecule has 0 amide bonds. The van der Waals surface area contributed by atoms with Crippen LogP contribution in [0.15, 0.2) is 24.3 Å². The van der Waals surface area contributed by atoms with Crippen LogP contribution in [0, 0.1) is 16.0 Å². The number of carbonyl (C=O) groups excluding carboxylic acids is 1. The van der Waals surface area contributed by atoms with Crippen molar-refractivity contribution in [2.75, 3.05) is 7.11 Å². The molecule has 16 heavy (non-hydrogen) atoms. The van der Waals surface area contributed by atoms with Crippen LogP contribution >= 0.6 is 0 Å². The van der Waals surface area contributed by atoms with Crippen molar-refractivity contribution in [3.8, 4) is 0 Å². The van der Waals surface area contributed by atoms with Gasteiger partial charge >= 0.3 is 5.97 Å². The lowest BCUT2D eigenvalue weighted by Gasteiger charge is -1.99. The molecule has 1 saturated carbocycles. The molecule has 2 rings (SSSR count). The Morgan fingerprint density at radius 1 is 1.56 bits per heavy atom. The summed E-state index contributed by atoms with van der Waals surface area (Å²) in [5, 5.41) is 10.6. The second-order valence-corrected chi connectivity index (χ2v) is 3.82. The van der Waals surface area contributed by atoms with Crippen molar-refractivity contribution in [2.24, 2.45) is 5.92 Å². The van der Waals surface area contributed by atoms with Gasteiger partial charge in [0.1, 0.15) is 0 Å². The van der Waals surface area contributed by atoms with E-state index in [0.717, 1.165) is 5.56 Å². The summed E-state index contributed by atoms with van der Waals surface area (Å²) in [7, 11) is 1.35. The van der Waals surface area contributed by atoms with E-state index in [1.807, 2.05) is 0 Å². The minimum absolute atomic E-state index is 0.0630. The van der Waals surface area contributed by atoms with E-state index in [4.69, 9.17) is 0 Å². The fraction of sp³-hybridized carbons (Fsp3) is 0.364. The normalized spacial score (nSPS) is 22.6. The number of carbonyl (C=O) groups is 1. The monoisotopic (exact) mass is 221 g/mol. The highest BCUT2D eigenvalue weighted by Gasteiger charge is 2.45. The lowest BCUT2D eigenvalue weighted by atomic mass is 10.1. The maximum absolute atomic E-state index is 11.2. The predicted molar refractivity (Wildman–Crippen MR) is 56.0 cm³/mol. The van der Waals surface area contributed by atoms with Crippen LogP contribution in [0.25, 0.3) is 0 Å². The van der Waals surface area contributed by atoms with E-state index in [0.29, 0.717) is 6.42 Å². The van der Waals surface area contributed by atoms with Crippen molar-refractivity contribution in [1.29, 1.82) is 0 Å². The first-order valence-electron chi connectivity index (χ1n) is 4.95. The van der Waals surface area contributed by atoms with E-state index in [1.54, 1.807) is 12.1 Å². The zero-order chi connectivity index (χ0) is 11.7. The van der Waals surface area contributed by atoms with Gasteiger partial charge in [-0.3, -0.25) is 14.9 Å². The summed E-state index contributed by atoms with van der Waals surface area (Å²) in [5.74, 6) is -0.295. The topological polar surface area (TPSA) is 69.4 Å². The van der Waals surface area contributed by atoms with Gasteiger partial charge in [0.25, 0.3) is 5.69 Å². The SMILES string of the molecule is COC(=O)[C@@H]1C[C@H]1c1cccc([N+](=O)[O-])c1. The Labute approximate surface area is 92.2 Å². The summed E-state index contributed by atoms with van der Waals surface area (Å²) in [6.07, 6.45) is 0.716. The minimum atomic E-state index is -0.432. The number of nitro groups is 1. The molecule has 1 aromatic carbocycles. The average Bonchev–Trinajstić information content (AvgIpc) is 3.08. The molecule has 0 saturated heterocycles. The zero-order valence-corrected chi connectivity index (χ0v) is 8.75. The van der Waals surface area contributed by atoms with Gasteiger partial charge in [-0.15, -0.1) is 0 Å². The number of hydrogen-bond acceptors (Lipinski definition) is 4. The van der Waals surface area contributed by atoms with Crippen LogP contribution < -0.4 is 0 Å². The van der Waals surface area contributed by atoms with E-state index >= 15 is 0 Å². The maximum Gasteiger partial charge on any atom is 0.309 e. The van der Waals surface area contributed by atoms with Crippen LogP contribution in [0.3, 0.4) is 0 Å². The van der Waals surface area contributed by atoms with Crippen LogP contribution in [-0.2, 0) is 9.53 Å². The van der Waals surface area contributed by atoms with Gasteiger partial charge in [0.2, 0.25) is 0 Å². The van der Waals surface area contributed by atoms with Crippen LogP contribution in [-0.4, -0.2) is 18.0 Å². The largest absolute Gasteiger partial charge is 0.469 e. The molecule has 1 aliphatic carbocycles. The van der Waals surface area contributed by atoms with Crippen LogP contribution in [0.1, 0.15) is 17.9 Å². The fourth-order valence-corrected chi connectivity index (χ4v) is 1.84. The third-order valence-corrected chi connectivity index (χ3v) is 2.80. The first-order valence-corrected chi connectivity index (χ1v) is 4.95. The highest BCUT2D eigenvalue weighted by atomic mass is 16.6. The molecule has 1 aliphatic rings. The van der Waals surface area contributed by atoms with Crippen molar-refractivity contribution < 1.29 is 14.5 Å². The second-order valence-electron chi connectivity index (χ2n) is 3.82. The third kappa shape index (κ3) is 1.88. The lowest BCUT2D eigenvalue weighted by molar-refractivity contribution is -0.384. The maximum atomic E-state index is 11.2. The number of non-ortho nitro benzene ring substituents is 1. The van der Waals surface area contributed by atoms with E-state index in [2.05, 4.69) is 4.74 Å². The summed E-state index contributed by atoms with van der Waals surface area (Å²) >= 11 is 0. The number of rotatable bonds is 3. The molecule has 0 heterocycles. The quantitative estimate of drug-likeness (QED) is 0.444. The first kappa shape index (κ1) is 10.6. The smallest absolute Gasteiger partial charge is 0.309 e. The van der Waals surface area contributed by atoms with Gasteiger partial charge in [-0.25, -0.2) is 0 Å². The Bertz CT molecular complexity index is 443. The number of esters is 1.